The van der Waals surface area contributed by atoms with Gasteiger partial charge in [0.15, 0.2) is 23.8 Å². The summed E-state index contributed by atoms with van der Waals surface area (Å²) in [7, 11) is -0.905. The normalized spacial score (nSPS) is 15.6. The number of hydrogen-bond donors (Lipinski definition) is 3. The van der Waals surface area contributed by atoms with Crippen molar-refractivity contribution in [2.75, 3.05) is 4.90 Å². The zero-order valence-corrected chi connectivity index (χ0v) is 38.9. The number of anilines is 1. The Morgan fingerprint density at radius 2 is 1.58 bits per heavy atom. The maximum absolute atomic E-state index is 13.4. The number of aryl methyl sites for hydroxylation is 1. The molecule has 1 aromatic heterocycles. The maximum atomic E-state index is 13.4. The number of allylic oxidation sites excluding steroid dienone is 7. The van der Waals surface area contributed by atoms with Gasteiger partial charge in [0.2, 0.25) is 5.69 Å². The lowest BCUT2D eigenvalue weighted by atomic mass is 9.77. The molecule has 7 rings (SSSR count). The van der Waals surface area contributed by atoms with Gasteiger partial charge in [0.05, 0.1) is 17.7 Å². The van der Waals surface area contributed by atoms with E-state index in [-0.39, 0.29) is 11.6 Å². The Morgan fingerprint density at radius 3 is 2.30 bits per heavy atom. The summed E-state index contributed by atoms with van der Waals surface area (Å²) in [6.45, 7) is 17.3. The number of unbranched alkanes of at least 4 members (excludes halogenated alkanes) is 2. The zero-order valence-electron chi connectivity index (χ0n) is 38.9. The molecule has 0 aliphatic carbocycles. The second kappa shape index (κ2) is 20.4. The van der Waals surface area contributed by atoms with Gasteiger partial charge in [-0.15, -0.1) is 0 Å². The van der Waals surface area contributed by atoms with Crippen molar-refractivity contribution in [2.24, 2.45) is 0 Å². The number of carbonyl (C=O) groups is 2. The standard InChI is InChI=1S/C55H59B2N3O6/c1-37(2)49(61)22-9-8-10-23-50(62)40-26-29-46(58-34-40)39(27-31-52-54(4,5)43-19-13-15-21-47(43)59(52)35-41-17-11-14-20-45(41)57(64)65)28-32-53-55(6,7)44-33-38(3)25-30-48(44)60(53)36-42-18-12-16-24-51(42)66-56-63/h11-21,24-34,63-65H,1,8-10,22-23,35-36H2,2-7H3/q+1. The quantitative estimate of drug-likeness (QED) is 0.0187. The van der Waals surface area contributed by atoms with E-state index in [0.29, 0.717) is 68.1 Å². The summed E-state index contributed by atoms with van der Waals surface area (Å²) < 4.78 is 7.79. The van der Waals surface area contributed by atoms with Gasteiger partial charge < -0.3 is 24.6 Å². The van der Waals surface area contributed by atoms with Crippen molar-refractivity contribution in [2.45, 2.75) is 97.6 Å². The van der Waals surface area contributed by atoms with Crippen molar-refractivity contribution in [1.29, 1.82) is 0 Å². The van der Waals surface area contributed by atoms with Crippen LogP contribution in [0, 0.1) is 6.92 Å². The first-order valence-corrected chi connectivity index (χ1v) is 22.7. The van der Waals surface area contributed by atoms with Crippen LogP contribution < -0.4 is 15.0 Å². The van der Waals surface area contributed by atoms with Crippen LogP contribution in [0.5, 0.6) is 5.75 Å². The van der Waals surface area contributed by atoms with Crippen LogP contribution >= 0.6 is 0 Å². The number of fused-ring (bicyclic) bond motifs is 2. The fourth-order valence-corrected chi connectivity index (χ4v) is 9.25. The number of aromatic nitrogens is 1. The summed E-state index contributed by atoms with van der Waals surface area (Å²) in [5.41, 5.74) is 11.6. The van der Waals surface area contributed by atoms with Gasteiger partial charge in [-0.2, -0.15) is 4.58 Å². The molecular formula is C55H59B2N3O6+. The van der Waals surface area contributed by atoms with Gasteiger partial charge in [0, 0.05) is 75.8 Å². The number of nitrogens with zero attached hydrogens (tertiary/aromatic N) is 3. The van der Waals surface area contributed by atoms with Crippen LogP contribution in [0.1, 0.15) is 111 Å². The van der Waals surface area contributed by atoms with Crippen LogP contribution in [0.25, 0.3) is 5.57 Å². The monoisotopic (exact) mass is 879 g/mol. The summed E-state index contributed by atoms with van der Waals surface area (Å²) in [6, 6.07) is 33.7. The molecule has 11 heteroatoms. The van der Waals surface area contributed by atoms with Gasteiger partial charge >= 0.3 is 14.8 Å². The predicted octanol–water partition coefficient (Wildman–Crippen LogP) is 9.35. The third-order valence-electron chi connectivity index (χ3n) is 13.0. The van der Waals surface area contributed by atoms with Gasteiger partial charge in [-0.3, -0.25) is 14.6 Å². The van der Waals surface area contributed by atoms with Gasteiger partial charge in [-0.25, -0.2) is 0 Å². The zero-order chi connectivity index (χ0) is 47.2. The number of ketones is 2. The van der Waals surface area contributed by atoms with Gasteiger partial charge in [0.1, 0.15) is 5.75 Å². The van der Waals surface area contributed by atoms with Gasteiger partial charge in [0.25, 0.3) is 0 Å². The van der Waals surface area contributed by atoms with Crippen molar-refractivity contribution in [3.63, 3.8) is 0 Å². The highest BCUT2D eigenvalue weighted by Gasteiger charge is 2.45. The van der Waals surface area contributed by atoms with E-state index in [1.165, 1.54) is 5.56 Å². The summed E-state index contributed by atoms with van der Waals surface area (Å²) in [5, 5.41) is 30.3. The molecule has 3 heterocycles. The van der Waals surface area contributed by atoms with Crippen molar-refractivity contribution >= 4 is 54.5 Å². The first-order valence-electron chi connectivity index (χ1n) is 22.7. The highest BCUT2D eigenvalue weighted by molar-refractivity contribution is 6.59. The molecule has 335 valence electrons. The van der Waals surface area contributed by atoms with Crippen molar-refractivity contribution in [1.82, 2.24) is 4.98 Å². The largest absolute Gasteiger partial charge is 0.569 e. The minimum absolute atomic E-state index is 0.00729. The fourth-order valence-electron chi connectivity index (χ4n) is 9.25. The Balaban J connectivity index is 1.31. The minimum Gasteiger partial charge on any atom is -0.537 e. The smallest absolute Gasteiger partial charge is 0.537 e. The van der Waals surface area contributed by atoms with Crippen LogP contribution in [0.3, 0.4) is 0 Å². The molecule has 3 N–H and O–H groups in total. The Kier molecular flexibility index (Phi) is 14.7. The molecule has 9 nitrogen and oxygen atoms in total. The summed E-state index contributed by atoms with van der Waals surface area (Å²) in [6.07, 6.45) is 13.1. The summed E-state index contributed by atoms with van der Waals surface area (Å²) in [4.78, 5) is 32.6. The summed E-state index contributed by atoms with van der Waals surface area (Å²) in [5.74, 6) is 0.633. The number of para-hydroxylation sites is 2. The molecule has 0 atom stereocenters. The Morgan fingerprint density at radius 1 is 0.864 bits per heavy atom. The summed E-state index contributed by atoms with van der Waals surface area (Å²) >= 11 is 0. The molecular weight excluding hydrogens is 820 g/mol. The second-order valence-corrected chi connectivity index (χ2v) is 18.4. The number of benzene rings is 4. The van der Waals surface area contributed by atoms with Crippen LogP contribution in [-0.4, -0.2) is 56.7 Å². The molecule has 0 fully saturated rings. The topological polar surface area (TPSA) is 123 Å². The van der Waals surface area contributed by atoms with E-state index in [2.05, 4.69) is 105 Å². The molecule has 0 amide bonds. The third kappa shape index (κ3) is 10.2. The lowest BCUT2D eigenvalue weighted by molar-refractivity contribution is -0.454. The molecule has 66 heavy (non-hydrogen) atoms. The van der Waals surface area contributed by atoms with Gasteiger partial charge in [-0.1, -0.05) is 111 Å². The van der Waals surface area contributed by atoms with Crippen LogP contribution in [-0.2, 0) is 28.7 Å². The Bertz CT molecular complexity index is 2770. The molecule has 0 saturated heterocycles. The average molecular weight is 880 g/mol. The number of pyridine rings is 1. The molecule has 1 radical (unpaired) electrons. The molecule has 4 aromatic carbocycles. The van der Waals surface area contributed by atoms with E-state index in [1.54, 1.807) is 19.2 Å². The van der Waals surface area contributed by atoms with Crippen molar-refractivity contribution in [3.8, 4) is 5.75 Å². The van der Waals surface area contributed by atoms with Crippen LogP contribution in [0.4, 0.5) is 11.4 Å². The first-order chi connectivity index (χ1) is 31.6. The first kappa shape index (κ1) is 47.6. The second-order valence-electron chi connectivity index (χ2n) is 18.4. The van der Waals surface area contributed by atoms with E-state index < -0.39 is 17.9 Å². The predicted molar refractivity (Wildman–Crippen MR) is 266 cm³/mol. The molecule has 2 aliphatic heterocycles. The van der Waals surface area contributed by atoms with E-state index in [1.807, 2.05) is 66.7 Å². The molecule has 0 spiro atoms. The van der Waals surface area contributed by atoms with Crippen molar-refractivity contribution in [3.05, 3.63) is 191 Å². The Hall–Kier alpha value is -6.39. The number of Topliss-reactive ketones (excluding diaryl/α,β-unsaturated/α-hetero) is 2. The molecule has 0 bridgehead atoms. The molecule has 0 unspecified atom stereocenters. The van der Waals surface area contributed by atoms with Gasteiger partial charge in [-0.05, 0) is 93.6 Å². The van der Waals surface area contributed by atoms with E-state index in [4.69, 9.17) is 9.64 Å². The molecule has 5 aromatic rings. The number of hydrogen-bond acceptors (Lipinski definition) is 8. The van der Waals surface area contributed by atoms with Crippen LogP contribution in [0.15, 0.2) is 151 Å². The van der Waals surface area contributed by atoms with E-state index >= 15 is 0 Å². The van der Waals surface area contributed by atoms with Crippen molar-refractivity contribution < 1.29 is 33.9 Å². The molecule has 0 saturated carbocycles. The maximum Gasteiger partial charge on any atom is 0.569 e. The highest BCUT2D eigenvalue weighted by Crippen LogP contribution is 2.49. The fraction of sp³-hybridized carbons (Fsp3) is 0.273. The highest BCUT2D eigenvalue weighted by atomic mass is 16.5. The van der Waals surface area contributed by atoms with E-state index in [9.17, 15) is 24.7 Å². The average Bonchev–Trinajstić information content (AvgIpc) is 3.64. The number of rotatable bonds is 19. The third-order valence-corrected chi connectivity index (χ3v) is 13.0. The van der Waals surface area contributed by atoms with E-state index in [0.717, 1.165) is 63.5 Å². The Labute approximate surface area is 390 Å². The lowest BCUT2D eigenvalue weighted by Gasteiger charge is -2.28. The minimum atomic E-state index is -1.62. The lowest BCUT2D eigenvalue weighted by Crippen LogP contribution is -2.34. The number of carbonyl (C=O) groups excluding carboxylic acids is 2. The van der Waals surface area contributed by atoms with Crippen LogP contribution in [0.2, 0.25) is 0 Å². The molecule has 2 aliphatic rings. The SMILES string of the molecule is C=C(C)C(=O)CCCCCC(=O)c1ccc(C(C=CC2=[N+](Cc3ccccc3B(O)O)c3ccccc3C2(C)C)=CC=C2N(Cc3ccccc3O[B]O)c3ccc(C)cc3C2(C)C)nc1.